The first-order valence-electron chi connectivity index (χ1n) is 8.78. The van der Waals surface area contributed by atoms with Crippen molar-refractivity contribution in [3.8, 4) is 11.6 Å². The van der Waals surface area contributed by atoms with Crippen LogP contribution in [0.5, 0.6) is 11.6 Å². The van der Waals surface area contributed by atoms with Crippen molar-refractivity contribution in [2.75, 3.05) is 19.8 Å². The molecule has 0 spiro atoms. The van der Waals surface area contributed by atoms with Crippen molar-refractivity contribution < 1.29 is 9.47 Å². The molecule has 0 N–H and O–H groups in total. The highest BCUT2D eigenvalue weighted by molar-refractivity contribution is 5.26. The monoisotopic (exact) mass is 325 g/mol. The van der Waals surface area contributed by atoms with E-state index in [2.05, 4.69) is 9.88 Å². The molecule has 5 heteroatoms. The minimum absolute atomic E-state index is 0.347. The summed E-state index contributed by atoms with van der Waals surface area (Å²) in [5.41, 5.74) is 1.02. The number of para-hydroxylation sites is 1. The number of hydrogen-bond acceptors (Lipinski definition) is 5. The summed E-state index contributed by atoms with van der Waals surface area (Å²) in [6.07, 6.45) is 8.16. The normalized spacial score (nSPS) is 22.6. The van der Waals surface area contributed by atoms with E-state index < -0.39 is 0 Å². The molecule has 1 aromatic heterocycles. The van der Waals surface area contributed by atoms with Crippen molar-refractivity contribution in [1.29, 1.82) is 0 Å². The quantitative estimate of drug-likeness (QED) is 0.860. The Bertz CT molecular complexity index is 659. The van der Waals surface area contributed by atoms with Gasteiger partial charge in [0.1, 0.15) is 5.75 Å². The summed E-state index contributed by atoms with van der Waals surface area (Å²) in [6.45, 7) is 2.88. The summed E-state index contributed by atoms with van der Waals surface area (Å²) >= 11 is 0. The molecule has 2 saturated heterocycles. The van der Waals surface area contributed by atoms with Crippen molar-refractivity contribution in [3.63, 3.8) is 0 Å². The van der Waals surface area contributed by atoms with Crippen LogP contribution in [-0.4, -0.2) is 40.7 Å². The highest BCUT2D eigenvalue weighted by Gasteiger charge is 2.33. The highest BCUT2D eigenvalue weighted by atomic mass is 16.5. The van der Waals surface area contributed by atoms with Gasteiger partial charge in [-0.15, -0.1) is 0 Å². The van der Waals surface area contributed by atoms with Gasteiger partial charge in [-0.25, -0.2) is 4.98 Å². The van der Waals surface area contributed by atoms with Gasteiger partial charge in [-0.1, -0.05) is 18.2 Å². The molecule has 24 heavy (non-hydrogen) atoms. The first-order chi connectivity index (χ1) is 11.9. The van der Waals surface area contributed by atoms with Crippen LogP contribution >= 0.6 is 0 Å². The van der Waals surface area contributed by atoms with E-state index >= 15 is 0 Å². The number of likely N-dealkylation sites (tertiary alicyclic amines) is 1. The maximum Gasteiger partial charge on any atom is 0.238 e. The van der Waals surface area contributed by atoms with E-state index in [9.17, 15) is 0 Å². The Hall–Kier alpha value is -1.98. The van der Waals surface area contributed by atoms with Crippen molar-refractivity contribution in [3.05, 3.63) is 48.4 Å². The van der Waals surface area contributed by atoms with Gasteiger partial charge in [0.2, 0.25) is 5.88 Å². The third kappa shape index (κ3) is 3.42. The lowest BCUT2D eigenvalue weighted by Gasteiger charge is -2.35. The van der Waals surface area contributed by atoms with Crippen LogP contribution in [0.1, 0.15) is 37.4 Å². The molecule has 0 saturated carbocycles. The van der Waals surface area contributed by atoms with Crippen LogP contribution in [0.15, 0.2) is 42.7 Å². The van der Waals surface area contributed by atoms with Gasteiger partial charge in [0, 0.05) is 19.3 Å². The van der Waals surface area contributed by atoms with Crippen LogP contribution < -0.4 is 4.74 Å². The fraction of sp³-hybridized carbons (Fsp3) is 0.474. The van der Waals surface area contributed by atoms with E-state index in [1.807, 2.05) is 36.5 Å². The van der Waals surface area contributed by atoms with Crippen LogP contribution in [0.4, 0.5) is 0 Å². The fourth-order valence-electron chi connectivity index (χ4n) is 3.74. The zero-order valence-corrected chi connectivity index (χ0v) is 13.8. The molecule has 0 aliphatic carbocycles. The van der Waals surface area contributed by atoms with Gasteiger partial charge in [0.05, 0.1) is 24.1 Å². The average molecular weight is 325 g/mol. The van der Waals surface area contributed by atoms with Crippen LogP contribution in [0, 0.1) is 0 Å². The van der Waals surface area contributed by atoms with Crippen molar-refractivity contribution in [1.82, 2.24) is 14.9 Å². The Kier molecular flexibility index (Phi) is 4.71. The standard InChI is InChI=1S/C19H23N3O2/c1-2-5-16(6-3-1)24-19-14-20-13-17(21-19)18-7-4-10-22(18)15-8-11-23-12-9-15/h1-3,5-6,13-15,18H,4,7-12H2/t18-/m0/s1. The van der Waals surface area contributed by atoms with Crippen molar-refractivity contribution in [2.45, 2.75) is 37.8 Å². The molecule has 126 valence electrons. The lowest BCUT2D eigenvalue weighted by atomic mass is 10.0. The van der Waals surface area contributed by atoms with Crippen LogP contribution in [0.2, 0.25) is 0 Å². The number of ether oxygens (including phenoxy) is 2. The Labute approximate surface area is 142 Å². The topological polar surface area (TPSA) is 47.5 Å². The number of rotatable bonds is 4. The third-order valence-electron chi connectivity index (χ3n) is 4.89. The van der Waals surface area contributed by atoms with E-state index in [0.29, 0.717) is 18.0 Å². The molecule has 2 aliphatic rings. The van der Waals surface area contributed by atoms with E-state index in [0.717, 1.165) is 50.5 Å². The predicted molar refractivity (Wildman–Crippen MR) is 91.1 cm³/mol. The van der Waals surface area contributed by atoms with Gasteiger partial charge in [0.15, 0.2) is 0 Å². The second-order valence-corrected chi connectivity index (χ2v) is 6.44. The maximum absolute atomic E-state index is 5.85. The van der Waals surface area contributed by atoms with Gasteiger partial charge in [0.25, 0.3) is 0 Å². The molecule has 1 atom stereocenters. The number of hydrogen-bond donors (Lipinski definition) is 0. The summed E-state index contributed by atoms with van der Waals surface area (Å²) in [4.78, 5) is 11.7. The molecule has 0 amide bonds. The third-order valence-corrected chi connectivity index (χ3v) is 4.89. The SMILES string of the molecule is c1ccc(Oc2cncc([C@@H]3CCCN3C3CCOCC3)n2)cc1. The van der Waals surface area contributed by atoms with Crippen molar-refractivity contribution in [2.24, 2.45) is 0 Å². The van der Waals surface area contributed by atoms with Crippen LogP contribution in [0.3, 0.4) is 0 Å². The maximum atomic E-state index is 5.85. The molecule has 5 nitrogen and oxygen atoms in total. The lowest BCUT2D eigenvalue weighted by molar-refractivity contribution is 0.0284. The van der Waals surface area contributed by atoms with Gasteiger partial charge in [-0.2, -0.15) is 0 Å². The Morgan fingerprint density at radius 3 is 2.71 bits per heavy atom. The predicted octanol–water partition coefficient (Wildman–Crippen LogP) is 3.58. The molecular formula is C19H23N3O2. The summed E-state index contributed by atoms with van der Waals surface area (Å²) in [5, 5.41) is 0. The van der Waals surface area contributed by atoms with Crippen LogP contribution in [-0.2, 0) is 4.74 Å². The molecule has 3 heterocycles. The van der Waals surface area contributed by atoms with E-state index in [4.69, 9.17) is 14.5 Å². The molecule has 2 aromatic rings. The second-order valence-electron chi connectivity index (χ2n) is 6.44. The molecule has 4 rings (SSSR count). The van der Waals surface area contributed by atoms with E-state index in [1.54, 1.807) is 6.20 Å². The van der Waals surface area contributed by atoms with Gasteiger partial charge >= 0.3 is 0 Å². The summed E-state index contributed by atoms with van der Waals surface area (Å²) in [7, 11) is 0. The summed E-state index contributed by atoms with van der Waals surface area (Å²) in [6, 6.07) is 10.7. The minimum atomic E-state index is 0.347. The van der Waals surface area contributed by atoms with Crippen molar-refractivity contribution >= 4 is 0 Å². The summed E-state index contributed by atoms with van der Waals surface area (Å²) < 4.78 is 11.4. The van der Waals surface area contributed by atoms with Gasteiger partial charge in [-0.3, -0.25) is 9.88 Å². The van der Waals surface area contributed by atoms with Gasteiger partial charge < -0.3 is 9.47 Å². The Balaban J connectivity index is 1.51. The zero-order valence-electron chi connectivity index (χ0n) is 13.8. The fourth-order valence-corrected chi connectivity index (χ4v) is 3.74. The smallest absolute Gasteiger partial charge is 0.238 e. The van der Waals surface area contributed by atoms with Gasteiger partial charge in [-0.05, 0) is 44.4 Å². The molecular weight excluding hydrogens is 302 g/mol. The average Bonchev–Trinajstić information content (AvgIpc) is 3.13. The largest absolute Gasteiger partial charge is 0.437 e. The molecule has 0 radical (unpaired) electrons. The highest BCUT2D eigenvalue weighted by Crippen LogP contribution is 2.35. The number of benzene rings is 1. The Morgan fingerprint density at radius 2 is 1.88 bits per heavy atom. The summed E-state index contributed by atoms with van der Waals surface area (Å²) in [5.74, 6) is 1.36. The second kappa shape index (κ2) is 7.28. The van der Waals surface area contributed by atoms with Crippen LogP contribution in [0.25, 0.3) is 0 Å². The molecule has 0 bridgehead atoms. The van der Waals surface area contributed by atoms with E-state index in [-0.39, 0.29) is 0 Å². The minimum Gasteiger partial charge on any atom is -0.437 e. The molecule has 2 fully saturated rings. The lowest BCUT2D eigenvalue weighted by Crippen LogP contribution is -2.39. The number of aromatic nitrogens is 2. The number of nitrogens with zero attached hydrogens (tertiary/aromatic N) is 3. The molecule has 0 unspecified atom stereocenters. The van der Waals surface area contributed by atoms with E-state index in [1.165, 1.54) is 6.42 Å². The first kappa shape index (κ1) is 15.5. The first-order valence-corrected chi connectivity index (χ1v) is 8.78. The molecule has 1 aromatic carbocycles. The molecule has 2 aliphatic heterocycles. The Morgan fingerprint density at radius 1 is 1.04 bits per heavy atom. The zero-order chi connectivity index (χ0) is 16.2.